The molecule has 0 amide bonds. The summed E-state index contributed by atoms with van der Waals surface area (Å²) in [5, 5.41) is 4.46. The van der Waals surface area contributed by atoms with Crippen molar-refractivity contribution in [3.63, 3.8) is 0 Å². The average Bonchev–Trinajstić information content (AvgIpc) is 3.20. The van der Waals surface area contributed by atoms with Crippen LogP contribution in [0.2, 0.25) is 5.02 Å². The zero-order valence-electron chi connectivity index (χ0n) is 18.6. The smallest absolute Gasteiger partial charge is 0.437 e. The van der Waals surface area contributed by atoms with Gasteiger partial charge < -0.3 is 23.4 Å². The number of carbonyl (C=O) groups excluding carboxylic acids is 1. The van der Waals surface area contributed by atoms with Gasteiger partial charge in [0.25, 0.3) is 0 Å². The van der Waals surface area contributed by atoms with E-state index in [1.807, 2.05) is 0 Å². The second-order valence-electron chi connectivity index (χ2n) is 6.71. The molecule has 2 aromatic carbocycles. The van der Waals surface area contributed by atoms with E-state index in [9.17, 15) is 9.59 Å². The van der Waals surface area contributed by atoms with Gasteiger partial charge in [-0.2, -0.15) is 4.68 Å². The van der Waals surface area contributed by atoms with Gasteiger partial charge in [-0.25, -0.2) is 4.79 Å². The van der Waals surface area contributed by atoms with Gasteiger partial charge in [-0.15, -0.1) is 5.10 Å². The van der Waals surface area contributed by atoms with Crippen molar-refractivity contribution in [2.75, 3.05) is 28.4 Å². The monoisotopic (exact) mass is 474 g/mol. The molecule has 0 unspecified atom stereocenters. The molecule has 174 valence electrons. The number of ketones is 1. The first-order chi connectivity index (χ1) is 15.9. The second kappa shape index (κ2) is 10.7. The van der Waals surface area contributed by atoms with Gasteiger partial charge in [-0.05, 0) is 42.0 Å². The fourth-order valence-electron chi connectivity index (χ4n) is 3.10. The summed E-state index contributed by atoms with van der Waals surface area (Å²) in [6.45, 7) is 0.0342. The molecule has 1 heterocycles. The largest absolute Gasteiger partial charge is 0.497 e. The molecule has 0 aliphatic carbocycles. The molecule has 0 saturated heterocycles. The van der Waals surface area contributed by atoms with Crippen molar-refractivity contribution in [2.45, 2.75) is 13.0 Å². The summed E-state index contributed by atoms with van der Waals surface area (Å²) >= 11 is 6.35. The first-order valence-electron chi connectivity index (χ1n) is 9.83. The van der Waals surface area contributed by atoms with Crippen LogP contribution < -0.4 is 24.7 Å². The van der Waals surface area contributed by atoms with E-state index in [0.29, 0.717) is 39.1 Å². The van der Waals surface area contributed by atoms with Crippen molar-refractivity contribution >= 4 is 29.5 Å². The molecule has 0 N–H and O–H groups in total. The van der Waals surface area contributed by atoms with Crippen LogP contribution in [0.5, 0.6) is 23.0 Å². The van der Waals surface area contributed by atoms with E-state index in [2.05, 4.69) is 5.10 Å². The summed E-state index contributed by atoms with van der Waals surface area (Å²) < 4.78 is 27.1. The molecule has 0 aliphatic rings. The number of nitrogens with zero attached hydrogens (tertiary/aromatic N) is 2. The quantitative estimate of drug-likeness (QED) is 0.407. The number of hydrogen-bond donors (Lipinski definition) is 0. The minimum Gasteiger partial charge on any atom is -0.497 e. The second-order valence-corrected chi connectivity index (χ2v) is 7.08. The predicted octanol–water partition coefficient (Wildman–Crippen LogP) is 3.97. The van der Waals surface area contributed by atoms with Crippen LogP contribution in [0.25, 0.3) is 12.2 Å². The lowest BCUT2D eigenvalue weighted by Gasteiger charge is -2.10. The van der Waals surface area contributed by atoms with Crippen LogP contribution in [0.3, 0.4) is 0 Å². The number of halogens is 1. The van der Waals surface area contributed by atoms with Gasteiger partial charge in [0.1, 0.15) is 11.5 Å². The number of aryl methyl sites for hydroxylation is 1. The lowest BCUT2D eigenvalue weighted by Crippen LogP contribution is -2.18. The van der Waals surface area contributed by atoms with Gasteiger partial charge in [0.05, 0.1) is 45.6 Å². The highest BCUT2D eigenvalue weighted by Gasteiger charge is 2.16. The third-order valence-electron chi connectivity index (χ3n) is 4.80. The molecule has 10 heteroatoms. The Balaban J connectivity index is 1.74. The number of benzene rings is 2. The first kappa shape index (κ1) is 23.9. The molecule has 1 aromatic heterocycles. The van der Waals surface area contributed by atoms with Crippen LogP contribution in [-0.2, 0) is 6.54 Å². The first-order valence-corrected chi connectivity index (χ1v) is 10.2. The highest BCUT2D eigenvalue weighted by Crippen LogP contribution is 2.37. The minimum atomic E-state index is -0.682. The minimum absolute atomic E-state index is 0.0145. The maximum absolute atomic E-state index is 12.7. The maximum atomic E-state index is 12.7. The molecule has 33 heavy (non-hydrogen) atoms. The molecule has 9 nitrogen and oxygen atoms in total. The lowest BCUT2D eigenvalue weighted by atomic mass is 10.1. The molecule has 0 spiro atoms. The van der Waals surface area contributed by atoms with E-state index in [0.717, 1.165) is 4.68 Å². The highest BCUT2D eigenvalue weighted by molar-refractivity contribution is 6.34. The SMILES string of the molecule is COc1ccc(OC)c(C(=O)CCn2nc(C=Cc3ccc(OC)c(OC)c3Cl)oc2=O)c1. The van der Waals surface area contributed by atoms with Gasteiger partial charge in [0.2, 0.25) is 5.89 Å². The summed E-state index contributed by atoms with van der Waals surface area (Å²) in [4.78, 5) is 24.8. The van der Waals surface area contributed by atoms with Crippen molar-refractivity contribution in [3.8, 4) is 23.0 Å². The van der Waals surface area contributed by atoms with Crippen molar-refractivity contribution in [1.82, 2.24) is 9.78 Å². The van der Waals surface area contributed by atoms with Gasteiger partial charge in [0.15, 0.2) is 17.3 Å². The van der Waals surface area contributed by atoms with Crippen LogP contribution in [0.4, 0.5) is 0 Å². The molecular weight excluding hydrogens is 452 g/mol. The van der Waals surface area contributed by atoms with E-state index in [-0.39, 0.29) is 24.6 Å². The topological polar surface area (TPSA) is 102 Å². The zero-order chi connectivity index (χ0) is 24.0. The molecule has 0 aliphatic heterocycles. The Bertz CT molecular complexity index is 1230. The van der Waals surface area contributed by atoms with E-state index >= 15 is 0 Å². The lowest BCUT2D eigenvalue weighted by molar-refractivity contribution is 0.0971. The Morgan fingerprint density at radius 1 is 1.03 bits per heavy atom. The van der Waals surface area contributed by atoms with Gasteiger partial charge in [0, 0.05) is 12.5 Å². The third-order valence-corrected chi connectivity index (χ3v) is 5.19. The normalized spacial score (nSPS) is 10.9. The Morgan fingerprint density at radius 3 is 2.42 bits per heavy atom. The van der Waals surface area contributed by atoms with Crippen molar-refractivity contribution in [1.29, 1.82) is 0 Å². The van der Waals surface area contributed by atoms with E-state index in [4.69, 9.17) is 35.0 Å². The number of methoxy groups -OCH3 is 4. The molecule has 0 fully saturated rings. The number of carbonyl (C=O) groups is 1. The Hall–Kier alpha value is -3.72. The van der Waals surface area contributed by atoms with E-state index < -0.39 is 5.76 Å². The Kier molecular flexibility index (Phi) is 7.78. The van der Waals surface area contributed by atoms with Gasteiger partial charge in [-0.3, -0.25) is 4.79 Å². The number of Topliss-reactive ketones (excluding diaryl/α,β-unsaturated/α-hetero) is 1. The maximum Gasteiger partial charge on any atom is 0.437 e. The third kappa shape index (κ3) is 5.38. The van der Waals surface area contributed by atoms with Crippen LogP contribution >= 0.6 is 11.6 Å². The summed E-state index contributed by atoms with van der Waals surface area (Å²) in [5.41, 5.74) is 0.975. The fraction of sp³-hybridized carbons (Fsp3) is 0.261. The average molecular weight is 475 g/mol. The number of aromatic nitrogens is 2. The Labute approximate surface area is 195 Å². The standard InChI is InChI=1S/C23H23ClN2O7/c1-29-15-7-9-18(30-2)16(13-15)17(27)11-12-26-23(28)33-20(25-26)10-6-14-5-8-19(31-3)22(32-4)21(14)24/h5-10,13H,11-12H2,1-4H3. The van der Waals surface area contributed by atoms with E-state index in [1.54, 1.807) is 36.4 Å². The van der Waals surface area contributed by atoms with E-state index in [1.165, 1.54) is 34.5 Å². The van der Waals surface area contributed by atoms with Crippen LogP contribution in [0.15, 0.2) is 39.5 Å². The zero-order valence-corrected chi connectivity index (χ0v) is 19.3. The number of hydrogen-bond acceptors (Lipinski definition) is 8. The van der Waals surface area contributed by atoms with Crippen molar-refractivity contribution < 1.29 is 28.2 Å². The molecule has 3 rings (SSSR count). The van der Waals surface area contributed by atoms with Crippen LogP contribution in [0.1, 0.15) is 28.2 Å². The Morgan fingerprint density at radius 2 is 1.76 bits per heavy atom. The molecule has 0 atom stereocenters. The fourth-order valence-corrected chi connectivity index (χ4v) is 3.40. The van der Waals surface area contributed by atoms with Crippen LogP contribution in [0, 0.1) is 0 Å². The summed E-state index contributed by atoms with van der Waals surface area (Å²) in [6, 6.07) is 8.37. The number of ether oxygens (including phenoxy) is 4. The van der Waals surface area contributed by atoms with Gasteiger partial charge >= 0.3 is 5.76 Å². The van der Waals surface area contributed by atoms with Gasteiger partial charge in [-0.1, -0.05) is 11.6 Å². The summed E-state index contributed by atoms with van der Waals surface area (Å²) in [7, 11) is 5.99. The molecule has 3 aromatic rings. The predicted molar refractivity (Wildman–Crippen MR) is 123 cm³/mol. The summed E-state index contributed by atoms with van der Waals surface area (Å²) in [5.74, 6) is 0.987. The van der Waals surface area contributed by atoms with Crippen molar-refractivity contribution in [2.24, 2.45) is 0 Å². The van der Waals surface area contributed by atoms with Crippen LogP contribution in [-0.4, -0.2) is 44.0 Å². The molecule has 0 radical (unpaired) electrons. The summed E-state index contributed by atoms with van der Waals surface area (Å²) in [6.07, 6.45) is 3.14. The molecular formula is C23H23ClN2O7. The highest BCUT2D eigenvalue weighted by atomic mass is 35.5. The molecule has 0 bridgehead atoms. The molecule has 0 saturated carbocycles. The number of rotatable bonds is 10. The van der Waals surface area contributed by atoms with Crippen molar-refractivity contribution in [3.05, 3.63) is 62.9 Å².